The first-order valence-corrected chi connectivity index (χ1v) is 3.68. The van der Waals surface area contributed by atoms with E-state index in [-0.39, 0.29) is 0 Å². The number of hydrogen-bond donors (Lipinski definition) is 1. The third-order valence-electron chi connectivity index (χ3n) is 2.11. The van der Waals surface area contributed by atoms with E-state index in [1.807, 2.05) is 0 Å². The molecule has 1 saturated carbocycles. The molecule has 2 unspecified atom stereocenters. The van der Waals surface area contributed by atoms with Crippen molar-refractivity contribution in [3.63, 3.8) is 0 Å². The summed E-state index contributed by atoms with van der Waals surface area (Å²) in [6.07, 6.45) is -0.325. The first kappa shape index (κ1) is 7.92. The lowest BCUT2D eigenvalue weighted by Crippen LogP contribution is -2.29. The van der Waals surface area contributed by atoms with E-state index in [2.05, 4.69) is 0 Å². The molecule has 1 aliphatic carbocycles. The minimum absolute atomic E-state index is 0.485. The summed E-state index contributed by atoms with van der Waals surface area (Å²) in [6.45, 7) is 0. The average Bonchev–Trinajstić information content (AvgIpc) is 1.88. The standard InChI is InChI=1S/C7H12F2O/c8-7(9)5-3-1-2-4-6(5)10/h5-7,10H,1-4H2. The summed E-state index contributed by atoms with van der Waals surface area (Å²) >= 11 is 0. The molecule has 1 rings (SSSR count). The normalized spacial score (nSPS) is 34.8. The van der Waals surface area contributed by atoms with E-state index in [1.165, 1.54) is 0 Å². The molecule has 0 aliphatic heterocycles. The van der Waals surface area contributed by atoms with Crippen LogP contribution >= 0.6 is 0 Å². The van der Waals surface area contributed by atoms with Gasteiger partial charge in [-0.3, -0.25) is 0 Å². The van der Waals surface area contributed by atoms with Crippen molar-refractivity contribution in [2.75, 3.05) is 0 Å². The van der Waals surface area contributed by atoms with Crippen LogP contribution in [0.5, 0.6) is 0 Å². The van der Waals surface area contributed by atoms with Gasteiger partial charge < -0.3 is 5.11 Å². The lowest BCUT2D eigenvalue weighted by Gasteiger charge is -2.26. The predicted molar refractivity (Wildman–Crippen MR) is 34.0 cm³/mol. The van der Waals surface area contributed by atoms with Crippen LogP contribution in [0.4, 0.5) is 8.78 Å². The second kappa shape index (κ2) is 3.28. The highest BCUT2D eigenvalue weighted by molar-refractivity contribution is 4.75. The number of aliphatic hydroxyl groups is 1. The van der Waals surface area contributed by atoms with Crippen molar-refractivity contribution in [2.24, 2.45) is 5.92 Å². The van der Waals surface area contributed by atoms with Crippen LogP contribution in [0.25, 0.3) is 0 Å². The molecule has 1 N–H and O–H groups in total. The summed E-state index contributed by atoms with van der Waals surface area (Å²) in [4.78, 5) is 0. The molecule has 10 heavy (non-hydrogen) atoms. The third kappa shape index (κ3) is 1.66. The summed E-state index contributed by atoms with van der Waals surface area (Å²) in [6, 6.07) is 0. The van der Waals surface area contributed by atoms with E-state index >= 15 is 0 Å². The zero-order chi connectivity index (χ0) is 7.56. The van der Waals surface area contributed by atoms with Crippen LogP contribution in [0.2, 0.25) is 0 Å². The van der Waals surface area contributed by atoms with Crippen molar-refractivity contribution in [3.8, 4) is 0 Å². The molecule has 2 atom stereocenters. The summed E-state index contributed by atoms with van der Waals surface area (Å²) in [5, 5.41) is 9.06. The first-order chi connectivity index (χ1) is 4.72. The molecular formula is C7H12F2O. The summed E-state index contributed by atoms with van der Waals surface area (Å²) < 4.78 is 24.0. The van der Waals surface area contributed by atoms with Gasteiger partial charge in [0.1, 0.15) is 0 Å². The zero-order valence-electron chi connectivity index (χ0n) is 5.76. The van der Waals surface area contributed by atoms with E-state index < -0.39 is 18.4 Å². The van der Waals surface area contributed by atoms with Gasteiger partial charge in [-0.05, 0) is 12.8 Å². The second-order valence-corrected chi connectivity index (χ2v) is 2.85. The van der Waals surface area contributed by atoms with E-state index in [0.717, 1.165) is 12.8 Å². The van der Waals surface area contributed by atoms with Gasteiger partial charge in [0.25, 0.3) is 0 Å². The van der Waals surface area contributed by atoms with Gasteiger partial charge in [-0.15, -0.1) is 0 Å². The summed E-state index contributed by atoms with van der Waals surface area (Å²) in [5.41, 5.74) is 0. The molecule has 0 radical (unpaired) electrons. The molecule has 60 valence electrons. The highest BCUT2D eigenvalue weighted by Crippen LogP contribution is 2.28. The number of hydrogen-bond acceptors (Lipinski definition) is 1. The Morgan fingerprint density at radius 1 is 1.20 bits per heavy atom. The van der Waals surface area contributed by atoms with Crippen molar-refractivity contribution in [3.05, 3.63) is 0 Å². The molecule has 3 heteroatoms. The monoisotopic (exact) mass is 150 g/mol. The van der Waals surface area contributed by atoms with Crippen LogP contribution in [0.1, 0.15) is 25.7 Å². The fraction of sp³-hybridized carbons (Fsp3) is 1.00. The van der Waals surface area contributed by atoms with Gasteiger partial charge in [-0.2, -0.15) is 0 Å². The van der Waals surface area contributed by atoms with E-state index in [9.17, 15) is 8.78 Å². The van der Waals surface area contributed by atoms with Crippen LogP contribution in [0.15, 0.2) is 0 Å². The Labute approximate surface area is 59.0 Å². The smallest absolute Gasteiger partial charge is 0.243 e. The molecule has 0 aromatic carbocycles. The summed E-state index contributed by atoms with van der Waals surface area (Å²) in [7, 11) is 0. The maximum Gasteiger partial charge on any atom is 0.243 e. The minimum atomic E-state index is -2.34. The highest BCUT2D eigenvalue weighted by Gasteiger charge is 2.30. The second-order valence-electron chi connectivity index (χ2n) is 2.85. The van der Waals surface area contributed by atoms with Crippen molar-refractivity contribution in [2.45, 2.75) is 38.2 Å². The van der Waals surface area contributed by atoms with E-state index in [1.54, 1.807) is 0 Å². The average molecular weight is 150 g/mol. The summed E-state index contributed by atoms with van der Waals surface area (Å²) in [5.74, 6) is -0.756. The third-order valence-corrected chi connectivity index (χ3v) is 2.11. The maximum absolute atomic E-state index is 12.0. The molecule has 0 amide bonds. The Kier molecular flexibility index (Phi) is 2.60. The molecule has 0 spiro atoms. The van der Waals surface area contributed by atoms with Crippen molar-refractivity contribution in [1.29, 1.82) is 0 Å². The van der Waals surface area contributed by atoms with Gasteiger partial charge in [0.2, 0.25) is 6.43 Å². The van der Waals surface area contributed by atoms with E-state index in [4.69, 9.17) is 5.11 Å². The van der Waals surface area contributed by atoms with Crippen LogP contribution in [-0.2, 0) is 0 Å². The van der Waals surface area contributed by atoms with Gasteiger partial charge in [0, 0.05) is 5.92 Å². The molecule has 0 bridgehead atoms. The Bertz CT molecular complexity index is 106. The van der Waals surface area contributed by atoms with Gasteiger partial charge in [-0.25, -0.2) is 8.78 Å². The Balaban J connectivity index is 2.40. The molecule has 0 aromatic heterocycles. The lowest BCUT2D eigenvalue weighted by molar-refractivity contribution is -0.0301. The zero-order valence-corrected chi connectivity index (χ0v) is 5.76. The number of aliphatic hydroxyl groups excluding tert-OH is 1. The Morgan fingerprint density at radius 2 is 1.80 bits per heavy atom. The number of rotatable bonds is 1. The molecule has 1 fully saturated rings. The van der Waals surface area contributed by atoms with Gasteiger partial charge in [0.05, 0.1) is 6.10 Å². The predicted octanol–water partition coefficient (Wildman–Crippen LogP) is 1.80. The first-order valence-electron chi connectivity index (χ1n) is 3.68. The van der Waals surface area contributed by atoms with Gasteiger partial charge in [0.15, 0.2) is 0 Å². The molecule has 1 aliphatic rings. The van der Waals surface area contributed by atoms with Gasteiger partial charge >= 0.3 is 0 Å². The molecule has 1 nitrogen and oxygen atoms in total. The number of alkyl halides is 2. The number of halogens is 2. The minimum Gasteiger partial charge on any atom is -0.393 e. The molecular weight excluding hydrogens is 138 g/mol. The van der Waals surface area contributed by atoms with Crippen LogP contribution in [-0.4, -0.2) is 17.6 Å². The fourth-order valence-corrected chi connectivity index (χ4v) is 1.43. The largest absolute Gasteiger partial charge is 0.393 e. The van der Waals surface area contributed by atoms with E-state index in [0.29, 0.717) is 12.8 Å². The molecule has 0 heterocycles. The topological polar surface area (TPSA) is 20.2 Å². The Morgan fingerprint density at radius 3 is 2.20 bits per heavy atom. The van der Waals surface area contributed by atoms with Crippen LogP contribution in [0, 0.1) is 5.92 Å². The van der Waals surface area contributed by atoms with Crippen molar-refractivity contribution >= 4 is 0 Å². The fourth-order valence-electron chi connectivity index (χ4n) is 1.43. The SMILES string of the molecule is OC1CCCCC1C(F)F. The van der Waals surface area contributed by atoms with Crippen LogP contribution in [0.3, 0.4) is 0 Å². The lowest BCUT2D eigenvalue weighted by atomic mass is 9.87. The quantitative estimate of drug-likeness (QED) is 0.604. The Hall–Kier alpha value is -0.180. The van der Waals surface area contributed by atoms with Crippen LogP contribution < -0.4 is 0 Å². The highest BCUT2D eigenvalue weighted by atomic mass is 19.3. The van der Waals surface area contributed by atoms with Crippen molar-refractivity contribution < 1.29 is 13.9 Å². The molecule has 0 saturated heterocycles. The molecule has 0 aromatic rings. The van der Waals surface area contributed by atoms with Crippen molar-refractivity contribution in [1.82, 2.24) is 0 Å². The maximum atomic E-state index is 12.0. The van der Waals surface area contributed by atoms with Gasteiger partial charge in [-0.1, -0.05) is 12.8 Å².